The minimum atomic E-state index is -1.38. The summed E-state index contributed by atoms with van der Waals surface area (Å²) >= 11 is 1.22. The number of carbonyl (C=O) groups excluding carboxylic acids is 1. The fourth-order valence-corrected chi connectivity index (χ4v) is 5.06. The van der Waals surface area contributed by atoms with E-state index >= 15 is 0 Å². The van der Waals surface area contributed by atoms with Gasteiger partial charge in [0.05, 0.1) is 12.1 Å². The van der Waals surface area contributed by atoms with Crippen LogP contribution in [0, 0.1) is 5.92 Å². The van der Waals surface area contributed by atoms with E-state index in [1.807, 2.05) is 0 Å². The van der Waals surface area contributed by atoms with Crippen molar-refractivity contribution in [3.05, 3.63) is 0 Å². The number of carbonyl (C=O) groups is 1. The Bertz CT molecular complexity index is 539. The zero-order chi connectivity index (χ0) is 20.4. The molecule has 1 amide bonds. The van der Waals surface area contributed by atoms with Gasteiger partial charge < -0.3 is 41.2 Å². The summed E-state index contributed by atoms with van der Waals surface area (Å²) in [5.74, 6) is 0.0511. The average Bonchev–Trinajstić information content (AvgIpc) is 2.93. The number of aliphatic hydroxyl groups is 3. The van der Waals surface area contributed by atoms with Gasteiger partial charge in [0.25, 0.3) is 0 Å². The standard InChI is InChI=1S/C18H33N3O6S/c1-8(19)10(16-13(23)12(22)14(24)18(27-16)28-2)21-17(25)11-15-9(7-20-11)5-3-4-6-26-15/h8-16,18,20,22-24H,3-7,19H2,1-2H3,(H,21,25)/t8-,9?,10+,11?,12?,13?,14?,15?,16?,18?/m0/s1. The first-order chi connectivity index (χ1) is 13.3. The Labute approximate surface area is 169 Å². The predicted octanol–water partition coefficient (Wildman–Crippen LogP) is -1.85. The van der Waals surface area contributed by atoms with Gasteiger partial charge in [-0.05, 0) is 31.9 Å². The zero-order valence-corrected chi connectivity index (χ0v) is 17.2. The van der Waals surface area contributed by atoms with Gasteiger partial charge in [0.15, 0.2) is 0 Å². The van der Waals surface area contributed by atoms with E-state index in [9.17, 15) is 20.1 Å². The maximum atomic E-state index is 13.0. The van der Waals surface area contributed by atoms with E-state index in [0.717, 1.165) is 25.8 Å². The highest BCUT2D eigenvalue weighted by molar-refractivity contribution is 7.99. The molecule has 0 radical (unpaired) electrons. The van der Waals surface area contributed by atoms with Crippen molar-refractivity contribution in [1.82, 2.24) is 10.6 Å². The Balaban J connectivity index is 1.71. The summed E-state index contributed by atoms with van der Waals surface area (Å²) in [6.45, 7) is 3.08. The van der Waals surface area contributed by atoms with E-state index in [4.69, 9.17) is 15.2 Å². The molecule has 7 N–H and O–H groups in total. The highest BCUT2D eigenvalue weighted by atomic mass is 32.2. The lowest BCUT2D eigenvalue weighted by Crippen LogP contribution is -2.67. The first kappa shape index (κ1) is 22.2. The molecule has 3 rings (SSSR count). The molecular weight excluding hydrogens is 386 g/mol. The van der Waals surface area contributed by atoms with Crippen LogP contribution in [0.1, 0.15) is 26.2 Å². The van der Waals surface area contributed by atoms with Gasteiger partial charge in [0.2, 0.25) is 5.91 Å². The van der Waals surface area contributed by atoms with E-state index < -0.39 is 48.0 Å². The van der Waals surface area contributed by atoms with Crippen molar-refractivity contribution in [3.8, 4) is 0 Å². The molecule has 8 unspecified atom stereocenters. The molecule has 3 fully saturated rings. The molecule has 3 heterocycles. The monoisotopic (exact) mass is 419 g/mol. The van der Waals surface area contributed by atoms with Crippen LogP contribution in [0.4, 0.5) is 0 Å². The molecule has 3 aliphatic rings. The van der Waals surface area contributed by atoms with E-state index in [2.05, 4.69) is 10.6 Å². The minimum absolute atomic E-state index is 0.181. The summed E-state index contributed by atoms with van der Waals surface area (Å²) in [6, 6.07) is -1.76. The quantitative estimate of drug-likeness (QED) is 0.302. The number of amides is 1. The Morgan fingerprint density at radius 3 is 2.68 bits per heavy atom. The van der Waals surface area contributed by atoms with E-state index in [0.29, 0.717) is 12.5 Å². The topological polar surface area (TPSA) is 146 Å². The highest BCUT2D eigenvalue weighted by Gasteiger charge is 2.49. The third-order valence-electron chi connectivity index (χ3n) is 6.02. The van der Waals surface area contributed by atoms with Crippen molar-refractivity contribution in [3.63, 3.8) is 0 Å². The largest absolute Gasteiger partial charge is 0.388 e. The van der Waals surface area contributed by atoms with Crippen LogP contribution in [-0.4, -0.2) is 94.7 Å². The second-order valence-electron chi connectivity index (χ2n) is 8.05. The van der Waals surface area contributed by atoms with E-state index in [-0.39, 0.29) is 12.0 Å². The Morgan fingerprint density at radius 1 is 1.25 bits per heavy atom. The number of hydrogen-bond donors (Lipinski definition) is 6. The van der Waals surface area contributed by atoms with Crippen LogP contribution in [-0.2, 0) is 14.3 Å². The highest BCUT2D eigenvalue weighted by Crippen LogP contribution is 2.30. The number of ether oxygens (including phenoxy) is 2. The molecule has 0 aromatic carbocycles. The summed E-state index contributed by atoms with van der Waals surface area (Å²) in [6.07, 6.45) is -0.223. The number of aliphatic hydroxyl groups excluding tert-OH is 3. The van der Waals surface area contributed by atoms with Gasteiger partial charge in [-0.15, -0.1) is 11.8 Å². The normalized spacial score (nSPS) is 43.6. The van der Waals surface area contributed by atoms with Crippen molar-refractivity contribution >= 4 is 17.7 Å². The molecule has 0 aliphatic carbocycles. The molecule has 0 saturated carbocycles. The molecule has 10 atom stereocenters. The zero-order valence-electron chi connectivity index (χ0n) is 16.4. The lowest BCUT2D eigenvalue weighted by atomic mass is 9.91. The lowest BCUT2D eigenvalue weighted by Gasteiger charge is -2.44. The van der Waals surface area contributed by atoms with Crippen LogP contribution in [0.3, 0.4) is 0 Å². The Hall–Kier alpha value is -0.460. The van der Waals surface area contributed by atoms with Crippen molar-refractivity contribution in [2.75, 3.05) is 19.4 Å². The van der Waals surface area contributed by atoms with Gasteiger partial charge in [-0.3, -0.25) is 4.79 Å². The summed E-state index contributed by atoms with van der Waals surface area (Å²) in [5, 5.41) is 36.9. The third kappa shape index (κ3) is 4.49. The van der Waals surface area contributed by atoms with Crippen LogP contribution in [0.5, 0.6) is 0 Å². The molecule has 0 aromatic rings. The van der Waals surface area contributed by atoms with Gasteiger partial charge in [-0.1, -0.05) is 6.42 Å². The molecule has 162 valence electrons. The molecule has 9 nitrogen and oxygen atoms in total. The Morgan fingerprint density at radius 2 is 2.00 bits per heavy atom. The van der Waals surface area contributed by atoms with Crippen LogP contribution in [0.25, 0.3) is 0 Å². The van der Waals surface area contributed by atoms with Crippen molar-refractivity contribution in [1.29, 1.82) is 0 Å². The third-order valence-corrected chi connectivity index (χ3v) is 6.88. The van der Waals surface area contributed by atoms with Crippen molar-refractivity contribution < 1.29 is 29.6 Å². The first-order valence-corrected chi connectivity index (χ1v) is 11.3. The van der Waals surface area contributed by atoms with E-state index in [1.54, 1.807) is 13.2 Å². The SMILES string of the molecule is CSC1OC([C@H](NC(=O)C2NCC3CCCCOC32)[C@H](C)N)C(O)C(O)C1O. The number of rotatable bonds is 5. The van der Waals surface area contributed by atoms with Gasteiger partial charge >= 0.3 is 0 Å². The molecule has 10 heteroatoms. The van der Waals surface area contributed by atoms with Gasteiger partial charge in [-0.2, -0.15) is 0 Å². The fraction of sp³-hybridized carbons (Fsp3) is 0.944. The summed E-state index contributed by atoms with van der Waals surface area (Å²) in [5.41, 5.74) is 5.37. The molecule has 0 aromatic heterocycles. The number of fused-ring (bicyclic) bond motifs is 1. The Kier molecular flexibility index (Phi) is 7.60. The fourth-order valence-electron chi connectivity index (χ4n) is 4.38. The van der Waals surface area contributed by atoms with Crippen molar-refractivity contribution in [2.24, 2.45) is 11.7 Å². The summed E-state index contributed by atoms with van der Waals surface area (Å²) in [4.78, 5) is 13.0. The minimum Gasteiger partial charge on any atom is -0.388 e. The first-order valence-electron chi connectivity index (χ1n) is 9.98. The van der Waals surface area contributed by atoms with Crippen LogP contribution in [0.2, 0.25) is 0 Å². The second-order valence-corrected chi connectivity index (χ2v) is 8.98. The van der Waals surface area contributed by atoms with Crippen LogP contribution < -0.4 is 16.4 Å². The predicted molar refractivity (Wildman–Crippen MR) is 105 cm³/mol. The summed E-state index contributed by atoms with van der Waals surface area (Å²) < 4.78 is 11.7. The van der Waals surface area contributed by atoms with Crippen LogP contribution >= 0.6 is 11.8 Å². The smallest absolute Gasteiger partial charge is 0.240 e. The number of nitrogens with two attached hydrogens (primary N) is 1. The molecule has 28 heavy (non-hydrogen) atoms. The number of hydrogen-bond acceptors (Lipinski definition) is 9. The molecular formula is C18H33N3O6S. The molecule has 3 saturated heterocycles. The molecule has 0 bridgehead atoms. The van der Waals surface area contributed by atoms with Gasteiger partial charge in [0, 0.05) is 19.2 Å². The maximum Gasteiger partial charge on any atom is 0.240 e. The summed E-state index contributed by atoms with van der Waals surface area (Å²) in [7, 11) is 0. The molecule has 0 spiro atoms. The lowest BCUT2D eigenvalue weighted by molar-refractivity contribution is -0.206. The van der Waals surface area contributed by atoms with Gasteiger partial charge in [0.1, 0.15) is 35.9 Å². The number of thioether (sulfide) groups is 1. The maximum absolute atomic E-state index is 13.0. The second kappa shape index (κ2) is 9.57. The van der Waals surface area contributed by atoms with Gasteiger partial charge in [-0.25, -0.2) is 0 Å². The molecule has 3 aliphatic heterocycles. The average molecular weight is 420 g/mol. The van der Waals surface area contributed by atoms with Crippen LogP contribution in [0.15, 0.2) is 0 Å². The number of nitrogens with one attached hydrogen (secondary N) is 2. The van der Waals surface area contributed by atoms with Crippen molar-refractivity contribution in [2.45, 2.75) is 80.3 Å². The van der Waals surface area contributed by atoms with E-state index in [1.165, 1.54) is 11.8 Å².